The average molecular weight is 368 g/mol. The fraction of sp³-hybridized carbons (Fsp3) is 0.556. The summed E-state index contributed by atoms with van der Waals surface area (Å²) in [7, 11) is 0. The van der Waals surface area contributed by atoms with Gasteiger partial charge < -0.3 is 24.8 Å². The van der Waals surface area contributed by atoms with Gasteiger partial charge in [-0.15, -0.1) is 5.53 Å². The van der Waals surface area contributed by atoms with Crippen molar-refractivity contribution in [2.45, 2.75) is 24.9 Å². The van der Waals surface area contributed by atoms with Crippen molar-refractivity contribution in [1.29, 1.82) is 0 Å². The second kappa shape index (κ2) is 5.94. The molecule has 23 heavy (non-hydrogen) atoms. The van der Waals surface area contributed by atoms with E-state index in [4.69, 9.17) is 20.3 Å². The monoisotopic (exact) mass is 368 g/mol. The Bertz CT molecular complexity index is 714. The standard InChI is InChI=1S/C9H14FN6O5PS/c10-3-1-5(21-4(3)2-20-22(18,19)23)16-7-6(14-15-16)8(17)13-9(11)12-7/h3-5,14-15H,1-2H2,(H2,18,19,23)(H3,11,12,13,17)/t3-,4-,5-/m1/s1. The number of hydrazine groups is 2. The summed E-state index contributed by atoms with van der Waals surface area (Å²) >= 11 is 4.30. The van der Waals surface area contributed by atoms with E-state index in [9.17, 15) is 9.18 Å². The lowest BCUT2D eigenvalue weighted by molar-refractivity contribution is -0.00505. The third-order valence-corrected chi connectivity index (χ3v) is 4.11. The Balaban J connectivity index is 1.74. The Kier molecular flexibility index (Phi) is 4.27. The minimum absolute atomic E-state index is 0.0593. The number of aromatic nitrogens is 2. The van der Waals surface area contributed by atoms with Crippen LogP contribution in [0.2, 0.25) is 0 Å². The van der Waals surface area contributed by atoms with Gasteiger partial charge in [-0.05, 0) is 11.8 Å². The molecular weight excluding hydrogens is 354 g/mol. The molecule has 11 nitrogen and oxygen atoms in total. The topological polar surface area (TPSA) is 158 Å². The third-order valence-electron chi connectivity index (χ3n) is 3.31. The number of anilines is 3. The minimum atomic E-state index is -3.89. The molecule has 3 heterocycles. The molecule has 0 amide bonds. The van der Waals surface area contributed by atoms with Gasteiger partial charge in [0.15, 0.2) is 17.7 Å². The SMILES string of the molecule is Nc1nc2c(c(=O)[nH]1)NNN2[C@H]1C[C@@H](F)[C@@H](COP(O)(O)=S)O1. The van der Waals surface area contributed by atoms with Crippen LogP contribution in [0.5, 0.6) is 0 Å². The first-order valence-electron chi connectivity index (χ1n) is 6.45. The first kappa shape index (κ1) is 16.5. The summed E-state index contributed by atoms with van der Waals surface area (Å²) in [6, 6.07) is 0. The van der Waals surface area contributed by atoms with Crippen molar-refractivity contribution in [1.82, 2.24) is 15.5 Å². The lowest BCUT2D eigenvalue weighted by Gasteiger charge is -2.24. The quantitative estimate of drug-likeness (QED) is 0.350. The molecule has 0 saturated carbocycles. The van der Waals surface area contributed by atoms with E-state index in [0.29, 0.717) is 0 Å². The van der Waals surface area contributed by atoms with Gasteiger partial charge in [0.05, 0.1) is 6.61 Å². The minimum Gasteiger partial charge on any atom is -0.369 e. The molecule has 0 unspecified atom stereocenters. The van der Waals surface area contributed by atoms with Gasteiger partial charge in [0.2, 0.25) is 5.95 Å². The van der Waals surface area contributed by atoms with Crippen LogP contribution in [0.25, 0.3) is 0 Å². The molecule has 1 aromatic rings. The van der Waals surface area contributed by atoms with E-state index in [1.165, 1.54) is 5.01 Å². The zero-order valence-electron chi connectivity index (χ0n) is 11.5. The zero-order chi connectivity index (χ0) is 16.8. The largest absolute Gasteiger partial charge is 0.369 e. The maximum absolute atomic E-state index is 14.0. The normalized spacial score (nSPS) is 27.1. The maximum Gasteiger partial charge on any atom is 0.321 e. The Labute approximate surface area is 133 Å². The van der Waals surface area contributed by atoms with Crippen LogP contribution in [0.3, 0.4) is 0 Å². The van der Waals surface area contributed by atoms with E-state index in [2.05, 4.69) is 37.3 Å². The molecule has 0 spiro atoms. The predicted molar refractivity (Wildman–Crippen MR) is 81.4 cm³/mol. The number of aromatic amines is 1. The van der Waals surface area contributed by atoms with Crippen molar-refractivity contribution >= 4 is 36.0 Å². The van der Waals surface area contributed by atoms with Gasteiger partial charge in [-0.2, -0.15) is 4.98 Å². The van der Waals surface area contributed by atoms with Gasteiger partial charge in [0.25, 0.3) is 5.56 Å². The second-order valence-corrected chi connectivity index (χ2v) is 7.59. The number of ether oxygens (including phenoxy) is 1. The van der Waals surface area contributed by atoms with Crippen molar-refractivity contribution in [3.63, 3.8) is 0 Å². The maximum atomic E-state index is 14.0. The van der Waals surface area contributed by atoms with Crippen LogP contribution in [0.4, 0.5) is 21.8 Å². The van der Waals surface area contributed by atoms with E-state index in [0.717, 1.165) is 0 Å². The Morgan fingerprint density at radius 1 is 1.61 bits per heavy atom. The Morgan fingerprint density at radius 2 is 2.35 bits per heavy atom. The molecule has 14 heteroatoms. The van der Waals surface area contributed by atoms with Gasteiger partial charge in [-0.25, -0.2) is 9.40 Å². The van der Waals surface area contributed by atoms with Crippen LogP contribution >= 0.6 is 6.72 Å². The number of nitrogens with one attached hydrogen (secondary N) is 3. The predicted octanol–water partition coefficient (Wildman–Crippen LogP) is -1.32. The molecule has 2 aliphatic rings. The number of H-pyrrole nitrogens is 1. The molecule has 3 rings (SSSR count). The van der Waals surface area contributed by atoms with Gasteiger partial charge in [-0.3, -0.25) is 15.2 Å². The molecule has 128 valence electrons. The number of nitrogen functional groups attached to an aromatic ring is 1. The first-order valence-corrected chi connectivity index (χ1v) is 9.07. The van der Waals surface area contributed by atoms with Crippen molar-refractivity contribution < 1.29 is 23.4 Å². The van der Waals surface area contributed by atoms with Crippen molar-refractivity contribution in [3.05, 3.63) is 10.4 Å². The van der Waals surface area contributed by atoms with E-state index >= 15 is 0 Å². The molecule has 1 aromatic heterocycles. The molecule has 1 saturated heterocycles. The highest BCUT2D eigenvalue weighted by atomic mass is 32.5. The number of nitrogens with two attached hydrogens (primary N) is 1. The first-order chi connectivity index (χ1) is 10.7. The molecule has 0 aromatic carbocycles. The third kappa shape index (κ3) is 3.45. The molecule has 0 aliphatic carbocycles. The lowest BCUT2D eigenvalue weighted by atomic mass is 10.2. The lowest BCUT2D eigenvalue weighted by Crippen LogP contribution is -2.44. The molecule has 3 atom stereocenters. The summed E-state index contributed by atoms with van der Waals surface area (Å²) in [5.74, 6) is 0.0691. The van der Waals surface area contributed by atoms with Crippen molar-refractivity contribution in [3.8, 4) is 0 Å². The van der Waals surface area contributed by atoms with Crippen LogP contribution in [-0.2, 0) is 21.1 Å². The smallest absolute Gasteiger partial charge is 0.321 e. The molecule has 7 N–H and O–H groups in total. The summed E-state index contributed by atoms with van der Waals surface area (Å²) in [4.78, 5) is 36.1. The van der Waals surface area contributed by atoms with Crippen LogP contribution in [0.15, 0.2) is 4.79 Å². The van der Waals surface area contributed by atoms with E-state index in [1.54, 1.807) is 0 Å². The summed E-state index contributed by atoms with van der Waals surface area (Å²) in [6.07, 6.45) is -3.33. The van der Waals surface area contributed by atoms with Gasteiger partial charge >= 0.3 is 6.72 Å². The number of hydrogen-bond donors (Lipinski definition) is 6. The number of alkyl halides is 1. The molecule has 1 fully saturated rings. The number of nitrogens with zero attached hydrogens (tertiary/aromatic N) is 2. The van der Waals surface area contributed by atoms with Crippen LogP contribution in [-0.4, -0.2) is 44.9 Å². The van der Waals surface area contributed by atoms with Gasteiger partial charge in [0.1, 0.15) is 12.3 Å². The number of rotatable bonds is 4. The summed E-state index contributed by atoms with van der Waals surface area (Å²) < 4.78 is 24.1. The Hall–Kier alpha value is -1.34. The average Bonchev–Trinajstić information content (AvgIpc) is 2.99. The highest BCUT2D eigenvalue weighted by Gasteiger charge is 2.42. The van der Waals surface area contributed by atoms with Crippen molar-refractivity contribution in [2.24, 2.45) is 0 Å². The fourth-order valence-corrected chi connectivity index (χ4v) is 2.83. The second-order valence-electron chi connectivity index (χ2n) is 4.92. The van der Waals surface area contributed by atoms with E-state index in [-0.39, 0.29) is 23.9 Å². The molecule has 2 aliphatic heterocycles. The highest BCUT2D eigenvalue weighted by Crippen LogP contribution is 2.39. The molecule has 0 radical (unpaired) electrons. The van der Waals surface area contributed by atoms with Gasteiger partial charge in [-0.1, -0.05) is 0 Å². The molecular formula is C9H14FN6O5PS. The summed E-state index contributed by atoms with van der Waals surface area (Å²) in [5.41, 5.74) is 10.4. The summed E-state index contributed by atoms with van der Waals surface area (Å²) in [6.45, 7) is -4.29. The zero-order valence-corrected chi connectivity index (χ0v) is 13.2. The van der Waals surface area contributed by atoms with E-state index in [1.807, 2.05) is 0 Å². The van der Waals surface area contributed by atoms with Crippen LogP contribution in [0.1, 0.15) is 6.42 Å². The van der Waals surface area contributed by atoms with Crippen molar-refractivity contribution in [2.75, 3.05) is 22.8 Å². The number of fused-ring (bicyclic) bond motifs is 1. The van der Waals surface area contributed by atoms with Crippen LogP contribution < -0.4 is 27.3 Å². The number of hydrogen-bond acceptors (Lipinski definition) is 9. The number of halogens is 1. The molecule has 0 bridgehead atoms. The fourth-order valence-electron chi connectivity index (χ4n) is 2.31. The highest BCUT2D eigenvalue weighted by molar-refractivity contribution is 8.06. The Morgan fingerprint density at radius 3 is 3.04 bits per heavy atom. The van der Waals surface area contributed by atoms with Gasteiger partial charge in [0, 0.05) is 6.42 Å². The van der Waals surface area contributed by atoms with Crippen LogP contribution in [0, 0.1) is 0 Å². The summed E-state index contributed by atoms with van der Waals surface area (Å²) in [5, 5.41) is 1.32. The van der Waals surface area contributed by atoms with E-state index < -0.39 is 37.4 Å².